The van der Waals surface area contributed by atoms with E-state index in [4.69, 9.17) is 9.72 Å². The molecule has 0 unspecified atom stereocenters. The summed E-state index contributed by atoms with van der Waals surface area (Å²) in [5, 5.41) is 0. The first-order valence-corrected chi connectivity index (χ1v) is 9.81. The zero-order chi connectivity index (χ0) is 19.9. The molecule has 0 radical (unpaired) electrons. The van der Waals surface area contributed by atoms with E-state index in [1.54, 1.807) is 13.3 Å². The van der Waals surface area contributed by atoms with E-state index < -0.39 is 0 Å². The zero-order valence-corrected chi connectivity index (χ0v) is 17.1. The maximum absolute atomic E-state index is 13.2. The van der Waals surface area contributed by atoms with E-state index in [0.29, 0.717) is 12.1 Å². The maximum Gasteiger partial charge on any atom is 0.276 e. The number of imidazole rings is 1. The number of hydrogen-bond donors (Lipinski definition) is 0. The second-order valence-electron chi connectivity index (χ2n) is 8.21. The number of likely N-dealkylation sites (tertiary alicyclic amines) is 1. The van der Waals surface area contributed by atoms with Crippen LogP contribution in [-0.4, -0.2) is 46.1 Å². The van der Waals surface area contributed by atoms with E-state index >= 15 is 0 Å². The van der Waals surface area contributed by atoms with E-state index in [1.165, 1.54) is 0 Å². The van der Waals surface area contributed by atoms with Crippen LogP contribution in [0.2, 0.25) is 0 Å². The highest BCUT2D eigenvalue weighted by Gasteiger charge is 2.34. The van der Waals surface area contributed by atoms with Gasteiger partial charge in [0.25, 0.3) is 5.56 Å². The van der Waals surface area contributed by atoms with Crippen molar-refractivity contribution in [1.82, 2.24) is 18.9 Å². The van der Waals surface area contributed by atoms with Gasteiger partial charge in [0.15, 0.2) is 0 Å². The van der Waals surface area contributed by atoms with Crippen LogP contribution in [0.1, 0.15) is 36.8 Å². The van der Waals surface area contributed by atoms with Crippen molar-refractivity contribution >= 4 is 5.52 Å². The summed E-state index contributed by atoms with van der Waals surface area (Å²) >= 11 is 0. The highest BCUT2D eigenvalue weighted by molar-refractivity contribution is 5.46. The third kappa shape index (κ3) is 3.22. The molecule has 1 saturated heterocycles. The number of nitrogens with zero attached hydrogens (tertiary/aromatic N) is 4. The predicted octanol–water partition coefficient (Wildman–Crippen LogP) is 2.84. The number of rotatable bonds is 4. The van der Waals surface area contributed by atoms with E-state index in [0.717, 1.165) is 48.8 Å². The molecule has 1 aliphatic rings. The molecular formula is C22H28N4O2. The van der Waals surface area contributed by atoms with E-state index in [2.05, 4.69) is 25.1 Å². The topological polar surface area (TPSA) is 51.8 Å². The number of hydrogen-bond acceptors (Lipinski definition) is 4. The molecule has 0 bridgehead atoms. The molecule has 1 aromatic carbocycles. The third-order valence-corrected chi connectivity index (χ3v) is 6.13. The Morgan fingerprint density at radius 2 is 1.86 bits per heavy atom. The summed E-state index contributed by atoms with van der Waals surface area (Å²) in [5.41, 5.74) is 2.65. The first-order chi connectivity index (χ1) is 13.4. The molecule has 6 nitrogen and oxygen atoms in total. The molecule has 0 spiro atoms. The van der Waals surface area contributed by atoms with Gasteiger partial charge in [-0.05, 0) is 57.6 Å². The number of aryl methyl sites for hydroxylation is 1. The zero-order valence-electron chi connectivity index (χ0n) is 17.1. The van der Waals surface area contributed by atoms with Gasteiger partial charge in [-0.25, -0.2) is 4.98 Å². The lowest BCUT2D eigenvalue weighted by Gasteiger charge is -2.36. The molecule has 0 atom stereocenters. The summed E-state index contributed by atoms with van der Waals surface area (Å²) in [6, 6.07) is 7.84. The van der Waals surface area contributed by atoms with Crippen LogP contribution in [0.3, 0.4) is 0 Å². The molecular weight excluding hydrogens is 352 g/mol. The first-order valence-electron chi connectivity index (χ1n) is 9.81. The Hall–Kier alpha value is -2.60. The van der Waals surface area contributed by atoms with Crippen LogP contribution in [0.15, 0.2) is 41.5 Å². The van der Waals surface area contributed by atoms with Gasteiger partial charge in [0.2, 0.25) is 0 Å². The second kappa shape index (κ2) is 7.09. The minimum Gasteiger partial charge on any atom is -0.497 e. The molecule has 3 aromatic rings. The largest absolute Gasteiger partial charge is 0.497 e. The van der Waals surface area contributed by atoms with Crippen molar-refractivity contribution in [3.05, 3.63) is 64.1 Å². The quantitative estimate of drug-likeness (QED) is 0.698. The Morgan fingerprint density at radius 1 is 1.18 bits per heavy atom. The number of fused-ring (bicyclic) bond motifs is 1. The highest BCUT2D eigenvalue weighted by Crippen LogP contribution is 2.33. The number of aromatic nitrogens is 3. The fraction of sp³-hybridized carbons (Fsp3) is 0.455. The molecule has 3 heterocycles. The van der Waals surface area contributed by atoms with Crippen LogP contribution < -0.4 is 10.3 Å². The third-order valence-electron chi connectivity index (χ3n) is 6.13. The minimum atomic E-state index is -0.0000263. The van der Waals surface area contributed by atoms with Crippen LogP contribution in [0.5, 0.6) is 5.75 Å². The van der Waals surface area contributed by atoms with Crippen LogP contribution in [-0.2, 0) is 12.0 Å². The van der Waals surface area contributed by atoms with Crippen LogP contribution in [0, 0.1) is 6.92 Å². The summed E-state index contributed by atoms with van der Waals surface area (Å²) in [7, 11) is 3.81. The molecule has 2 aromatic heterocycles. The summed E-state index contributed by atoms with van der Waals surface area (Å²) < 4.78 is 9.06. The Labute approximate surface area is 165 Å². The lowest BCUT2D eigenvalue weighted by atomic mass is 9.79. The van der Waals surface area contributed by atoms with Gasteiger partial charge < -0.3 is 14.2 Å². The summed E-state index contributed by atoms with van der Waals surface area (Å²) in [6.07, 6.45) is 5.91. The van der Waals surface area contributed by atoms with Gasteiger partial charge in [0.1, 0.15) is 17.1 Å². The summed E-state index contributed by atoms with van der Waals surface area (Å²) in [6.45, 7) is 6.91. The van der Waals surface area contributed by atoms with Crippen LogP contribution in [0.4, 0.5) is 0 Å². The average Bonchev–Trinajstić information content (AvgIpc) is 3.13. The van der Waals surface area contributed by atoms with E-state index in [9.17, 15) is 4.79 Å². The number of methoxy groups -OCH3 is 1. The van der Waals surface area contributed by atoms with Crippen LogP contribution >= 0.6 is 0 Å². The van der Waals surface area contributed by atoms with Crippen molar-refractivity contribution in [3.8, 4) is 5.75 Å². The number of piperidine rings is 1. The highest BCUT2D eigenvalue weighted by atomic mass is 16.5. The normalized spacial score (nSPS) is 17.1. The second-order valence-corrected chi connectivity index (χ2v) is 8.21. The smallest absolute Gasteiger partial charge is 0.276 e. The number of ether oxygens (including phenoxy) is 1. The molecule has 1 fully saturated rings. The molecule has 1 aliphatic heterocycles. The van der Waals surface area contributed by atoms with Gasteiger partial charge in [-0.1, -0.05) is 19.1 Å². The fourth-order valence-electron chi connectivity index (χ4n) is 4.10. The van der Waals surface area contributed by atoms with Crippen molar-refractivity contribution in [3.63, 3.8) is 0 Å². The SMILES string of the molecule is COc1ccc(Cn2c(C)cn3c(C4(C)CCN(C)CC4)ncc3c2=O)cc1. The van der Waals surface area contributed by atoms with E-state index in [-0.39, 0.29) is 11.0 Å². The van der Waals surface area contributed by atoms with Gasteiger partial charge in [0, 0.05) is 17.3 Å². The van der Waals surface area contributed by atoms with Gasteiger partial charge in [-0.2, -0.15) is 0 Å². The summed E-state index contributed by atoms with van der Waals surface area (Å²) in [5.74, 6) is 1.82. The average molecular weight is 380 g/mol. The van der Waals surface area contributed by atoms with Crippen molar-refractivity contribution < 1.29 is 4.74 Å². The van der Waals surface area contributed by atoms with Gasteiger partial charge >= 0.3 is 0 Å². The molecule has 0 N–H and O–H groups in total. The van der Waals surface area contributed by atoms with Crippen molar-refractivity contribution in [2.45, 2.75) is 38.6 Å². The molecule has 0 amide bonds. The standard InChI is InChI=1S/C22H28N4O2/c1-16-14-26-19(13-23-21(26)22(2)9-11-24(3)12-10-22)20(27)25(16)15-17-5-7-18(28-4)8-6-17/h5-8,13-14H,9-12,15H2,1-4H3. The molecule has 28 heavy (non-hydrogen) atoms. The first kappa shape index (κ1) is 18.7. The van der Waals surface area contributed by atoms with Gasteiger partial charge in [-0.3, -0.25) is 9.20 Å². The van der Waals surface area contributed by atoms with Crippen molar-refractivity contribution in [1.29, 1.82) is 0 Å². The Balaban J connectivity index is 1.72. The predicted molar refractivity (Wildman–Crippen MR) is 110 cm³/mol. The van der Waals surface area contributed by atoms with Crippen LogP contribution in [0.25, 0.3) is 5.52 Å². The lowest BCUT2D eigenvalue weighted by molar-refractivity contribution is 0.192. The van der Waals surface area contributed by atoms with Crippen molar-refractivity contribution in [2.75, 3.05) is 27.2 Å². The Morgan fingerprint density at radius 3 is 2.50 bits per heavy atom. The maximum atomic E-state index is 13.2. The van der Waals surface area contributed by atoms with Crippen molar-refractivity contribution in [2.24, 2.45) is 0 Å². The molecule has 0 saturated carbocycles. The lowest BCUT2D eigenvalue weighted by Crippen LogP contribution is -2.40. The number of benzene rings is 1. The Kier molecular flexibility index (Phi) is 4.75. The molecule has 0 aliphatic carbocycles. The van der Waals surface area contributed by atoms with Gasteiger partial charge in [0.05, 0.1) is 19.9 Å². The monoisotopic (exact) mass is 380 g/mol. The Bertz CT molecular complexity index is 1040. The van der Waals surface area contributed by atoms with E-state index in [1.807, 2.05) is 40.2 Å². The molecule has 4 rings (SSSR count). The molecule has 6 heteroatoms. The fourth-order valence-corrected chi connectivity index (χ4v) is 4.10. The minimum absolute atomic E-state index is 0.0000263. The summed E-state index contributed by atoms with van der Waals surface area (Å²) in [4.78, 5) is 20.3. The van der Waals surface area contributed by atoms with Gasteiger partial charge in [-0.15, -0.1) is 0 Å². The molecule has 148 valence electrons.